The van der Waals surface area contributed by atoms with E-state index in [1.165, 1.54) is 0 Å². The van der Waals surface area contributed by atoms with Crippen LogP contribution in [0.1, 0.15) is 12.5 Å². The summed E-state index contributed by atoms with van der Waals surface area (Å²) in [6, 6.07) is 9.56. The third kappa shape index (κ3) is 3.68. The summed E-state index contributed by atoms with van der Waals surface area (Å²) in [5.74, 6) is -0.215. The Morgan fingerprint density at radius 2 is 2.05 bits per heavy atom. The van der Waals surface area contributed by atoms with Crippen LogP contribution in [0.15, 0.2) is 36.5 Å². The maximum Gasteiger partial charge on any atom is 0.310 e. The molecule has 2 aromatic rings. The minimum Gasteiger partial charge on any atom is -0.466 e. The molecule has 0 bridgehead atoms. The minimum atomic E-state index is -0.215. The van der Waals surface area contributed by atoms with Crippen molar-refractivity contribution in [3.05, 3.63) is 42.1 Å². The molecule has 20 heavy (non-hydrogen) atoms. The van der Waals surface area contributed by atoms with Gasteiger partial charge in [-0.15, -0.1) is 0 Å². The topological polar surface area (TPSA) is 64.3 Å². The van der Waals surface area contributed by atoms with Crippen LogP contribution in [-0.2, 0) is 22.5 Å². The molecule has 1 heterocycles. The molecule has 0 fully saturated rings. The molecule has 0 atom stereocenters. The van der Waals surface area contributed by atoms with Gasteiger partial charge >= 0.3 is 5.97 Å². The van der Waals surface area contributed by atoms with E-state index in [1.807, 2.05) is 36.5 Å². The SMILES string of the molecule is CCOC(=O)Cc1ccc(-c2ccn(CCO)n2)cc1. The second-order valence-corrected chi connectivity index (χ2v) is 4.37. The molecule has 106 valence electrons. The van der Waals surface area contributed by atoms with Crippen LogP contribution in [0.25, 0.3) is 11.3 Å². The molecule has 1 N–H and O–H groups in total. The molecule has 0 unspecified atom stereocenters. The first kappa shape index (κ1) is 14.3. The number of aliphatic hydroxyl groups is 1. The number of nitrogens with zero attached hydrogens (tertiary/aromatic N) is 2. The minimum absolute atomic E-state index is 0.0690. The van der Waals surface area contributed by atoms with E-state index in [0.29, 0.717) is 13.2 Å². The van der Waals surface area contributed by atoms with Crippen molar-refractivity contribution in [3.8, 4) is 11.3 Å². The van der Waals surface area contributed by atoms with Crippen molar-refractivity contribution in [1.82, 2.24) is 9.78 Å². The van der Waals surface area contributed by atoms with Crippen LogP contribution in [0, 0.1) is 0 Å². The van der Waals surface area contributed by atoms with Crippen molar-refractivity contribution in [2.24, 2.45) is 0 Å². The van der Waals surface area contributed by atoms with Gasteiger partial charge in [-0.1, -0.05) is 24.3 Å². The number of ether oxygens (including phenoxy) is 1. The molecule has 5 nitrogen and oxygen atoms in total. The van der Waals surface area contributed by atoms with Gasteiger partial charge < -0.3 is 9.84 Å². The van der Waals surface area contributed by atoms with E-state index in [9.17, 15) is 4.79 Å². The number of aliphatic hydroxyl groups excluding tert-OH is 1. The van der Waals surface area contributed by atoms with Gasteiger partial charge in [0, 0.05) is 11.8 Å². The zero-order chi connectivity index (χ0) is 14.4. The molecular weight excluding hydrogens is 256 g/mol. The zero-order valence-electron chi connectivity index (χ0n) is 11.5. The first-order valence-corrected chi connectivity index (χ1v) is 6.62. The van der Waals surface area contributed by atoms with E-state index < -0.39 is 0 Å². The van der Waals surface area contributed by atoms with Crippen LogP contribution in [0.4, 0.5) is 0 Å². The van der Waals surface area contributed by atoms with Crippen molar-refractivity contribution in [2.75, 3.05) is 13.2 Å². The average molecular weight is 274 g/mol. The molecule has 0 aliphatic rings. The van der Waals surface area contributed by atoms with Crippen molar-refractivity contribution in [1.29, 1.82) is 0 Å². The van der Waals surface area contributed by atoms with Gasteiger partial charge in [-0.05, 0) is 18.6 Å². The fraction of sp³-hybridized carbons (Fsp3) is 0.333. The molecule has 0 amide bonds. The Labute approximate surface area is 117 Å². The number of benzene rings is 1. The second-order valence-electron chi connectivity index (χ2n) is 4.37. The van der Waals surface area contributed by atoms with E-state index in [1.54, 1.807) is 11.6 Å². The van der Waals surface area contributed by atoms with E-state index in [4.69, 9.17) is 9.84 Å². The molecule has 5 heteroatoms. The van der Waals surface area contributed by atoms with Gasteiger partial charge in [0.1, 0.15) is 0 Å². The highest BCUT2D eigenvalue weighted by Crippen LogP contribution is 2.18. The third-order valence-electron chi connectivity index (χ3n) is 2.87. The van der Waals surface area contributed by atoms with Crippen molar-refractivity contribution in [2.45, 2.75) is 19.9 Å². The first-order valence-electron chi connectivity index (χ1n) is 6.62. The van der Waals surface area contributed by atoms with Gasteiger partial charge in [0.25, 0.3) is 0 Å². The highest BCUT2D eigenvalue weighted by atomic mass is 16.5. The summed E-state index contributed by atoms with van der Waals surface area (Å²) < 4.78 is 6.61. The Hall–Kier alpha value is -2.14. The van der Waals surface area contributed by atoms with Gasteiger partial charge in [0.2, 0.25) is 0 Å². The summed E-state index contributed by atoms with van der Waals surface area (Å²) >= 11 is 0. The predicted molar refractivity (Wildman–Crippen MR) is 75.1 cm³/mol. The maximum atomic E-state index is 11.4. The predicted octanol–water partition coefficient (Wildman–Crippen LogP) is 1.65. The molecular formula is C15H18N2O3. The standard InChI is InChI=1S/C15H18N2O3/c1-2-20-15(19)11-12-3-5-13(6-4-12)14-7-8-17(16-14)9-10-18/h3-8,18H,2,9-11H2,1H3. The van der Waals surface area contributed by atoms with Crippen LogP contribution < -0.4 is 0 Å². The molecule has 1 aromatic carbocycles. The number of carbonyl (C=O) groups is 1. The highest BCUT2D eigenvalue weighted by Gasteiger charge is 2.06. The van der Waals surface area contributed by atoms with Crippen LogP contribution in [0.5, 0.6) is 0 Å². The lowest BCUT2D eigenvalue weighted by Crippen LogP contribution is -2.07. The number of esters is 1. The van der Waals surface area contributed by atoms with Gasteiger partial charge in [-0.2, -0.15) is 5.10 Å². The lowest BCUT2D eigenvalue weighted by atomic mass is 10.1. The summed E-state index contributed by atoms with van der Waals surface area (Å²) in [5, 5.41) is 13.2. The molecule has 0 radical (unpaired) electrons. The largest absolute Gasteiger partial charge is 0.466 e. The quantitative estimate of drug-likeness (QED) is 0.813. The fourth-order valence-electron chi connectivity index (χ4n) is 1.91. The van der Waals surface area contributed by atoms with Crippen molar-refractivity contribution < 1.29 is 14.6 Å². The van der Waals surface area contributed by atoms with Crippen molar-refractivity contribution >= 4 is 5.97 Å². The first-order chi connectivity index (χ1) is 9.72. The second kappa shape index (κ2) is 6.86. The number of hydrogen-bond donors (Lipinski definition) is 1. The molecule has 0 spiro atoms. The van der Waals surface area contributed by atoms with Gasteiger partial charge in [-0.25, -0.2) is 0 Å². The number of carbonyl (C=O) groups excluding carboxylic acids is 1. The van der Waals surface area contributed by atoms with Crippen LogP contribution in [0.3, 0.4) is 0 Å². The lowest BCUT2D eigenvalue weighted by Gasteiger charge is -2.03. The van der Waals surface area contributed by atoms with E-state index in [2.05, 4.69) is 5.10 Å². The Balaban J connectivity index is 2.05. The summed E-state index contributed by atoms with van der Waals surface area (Å²) in [5.41, 5.74) is 2.75. The smallest absolute Gasteiger partial charge is 0.310 e. The Morgan fingerprint density at radius 1 is 1.30 bits per heavy atom. The fourth-order valence-corrected chi connectivity index (χ4v) is 1.91. The van der Waals surface area contributed by atoms with Crippen LogP contribution >= 0.6 is 0 Å². The van der Waals surface area contributed by atoms with Gasteiger partial charge in [0.15, 0.2) is 0 Å². The van der Waals surface area contributed by atoms with Crippen molar-refractivity contribution in [3.63, 3.8) is 0 Å². The Kier molecular flexibility index (Phi) is 4.90. The third-order valence-corrected chi connectivity index (χ3v) is 2.87. The number of aromatic nitrogens is 2. The van der Waals surface area contributed by atoms with E-state index in [-0.39, 0.29) is 19.0 Å². The summed E-state index contributed by atoms with van der Waals surface area (Å²) in [4.78, 5) is 11.4. The summed E-state index contributed by atoms with van der Waals surface area (Å²) in [7, 11) is 0. The molecule has 0 aliphatic heterocycles. The maximum absolute atomic E-state index is 11.4. The Morgan fingerprint density at radius 3 is 2.70 bits per heavy atom. The summed E-state index contributed by atoms with van der Waals surface area (Å²) in [6.45, 7) is 2.75. The van der Waals surface area contributed by atoms with E-state index in [0.717, 1.165) is 16.8 Å². The molecule has 0 saturated heterocycles. The normalized spacial score (nSPS) is 10.5. The van der Waals surface area contributed by atoms with Crippen LogP contribution in [-0.4, -0.2) is 34.1 Å². The lowest BCUT2D eigenvalue weighted by molar-refractivity contribution is -0.142. The number of hydrogen-bond acceptors (Lipinski definition) is 4. The zero-order valence-corrected chi connectivity index (χ0v) is 11.5. The molecule has 1 aromatic heterocycles. The van der Waals surface area contributed by atoms with Gasteiger partial charge in [-0.3, -0.25) is 9.48 Å². The number of rotatable bonds is 6. The molecule has 0 aliphatic carbocycles. The Bertz CT molecular complexity index is 561. The molecule has 0 saturated carbocycles. The van der Waals surface area contributed by atoms with Crippen LogP contribution in [0.2, 0.25) is 0 Å². The molecule has 2 rings (SSSR count). The highest BCUT2D eigenvalue weighted by molar-refractivity contribution is 5.73. The van der Waals surface area contributed by atoms with E-state index >= 15 is 0 Å². The summed E-state index contributed by atoms with van der Waals surface area (Å²) in [6.07, 6.45) is 2.12. The van der Waals surface area contributed by atoms with Gasteiger partial charge in [0.05, 0.1) is 31.9 Å². The monoisotopic (exact) mass is 274 g/mol. The average Bonchev–Trinajstić information content (AvgIpc) is 2.89.